The van der Waals surface area contributed by atoms with Crippen LogP contribution >= 0.6 is 0 Å². The molecule has 3 rings (SSSR count). The van der Waals surface area contributed by atoms with Crippen LogP contribution in [0.25, 0.3) is 0 Å². The third kappa shape index (κ3) is 3.29. The van der Waals surface area contributed by atoms with E-state index in [-0.39, 0.29) is 11.9 Å². The Kier molecular flexibility index (Phi) is 4.47. The molecular weight excluding hydrogens is 292 g/mol. The van der Waals surface area contributed by atoms with Gasteiger partial charge in [-0.1, -0.05) is 0 Å². The van der Waals surface area contributed by atoms with Crippen molar-refractivity contribution >= 4 is 5.91 Å². The second kappa shape index (κ2) is 6.54. The summed E-state index contributed by atoms with van der Waals surface area (Å²) in [5.41, 5.74) is 2.54. The van der Waals surface area contributed by atoms with Gasteiger partial charge in [0.1, 0.15) is 5.69 Å². The van der Waals surface area contributed by atoms with Crippen LogP contribution in [0.2, 0.25) is 0 Å². The lowest BCUT2D eigenvalue weighted by molar-refractivity contribution is 0.0933. The quantitative estimate of drug-likeness (QED) is 0.892. The first-order chi connectivity index (χ1) is 11.1. The van der Waals surface area contributed by atoms with E-state index >= 15 is 0 Å². The molecular formula is C16H24N6O. The van der Waals surface area contributed by atoms with Crippen LogP contribution in [0.5, 0.6) is 0 Å². The van der Waals surface area contributed by atoms with Crippen LogP contribution in [-0.4, -0.2) is 38.6 Å². The van der Waals surface area contributed by atoms with Gasteiger partial charge in [-0.15, -0.1) is 0 Å². The molecule has 1 amide bonds. The van der Waals surface area contributed by atoms with Gasteiger partial charge >= 0.3 is 0 Å². The van der Waals surface area contributed by atoms with E-state index in [1.165, 1.54) is 0 Å². The van der Waals surface area contributed by atoms with Crippen LogP contribution in [0, 0.1) is 6.92 Å². The summed E-state index contributed by atoms with van der Waals surface area (Å²) in [4.78, 5) is 12.4. The third-order valence-corrected chi connectivity index (χ3v) is 4.57. The standard InChI is InChI=1S/C16H24N6O/c1-11(14-10-18-21(3)12(14)2)19-16(23)15-6-8-22(20-15)13-5-4-7-17-9-13/h6,8,10-11,13,17H,4-5,7,9H2,1-3H3,(H,19,23). The molecule has 0 spiro atoms. The number of piperidine rings is 1. The summed E-state index contributed by atoms with van der Waals surface area (Å²) in [7, 11) is 1.90. The summed E-state index contributed by atoms with van der Waals surface area (Å²) in [6, 6.07) is 2.02. The van der Waals surface area contributed by atoms with Gasteiger partial charge in [0, 0.05) is 31.0 Å². The van der Waals surface area contributed by atoms with Gasteiger partial charge in [-0.25, -0.2) is 0 Å². The Morgan fingerprint density at radius 1 is 1.52 bits per heavy atom. The average Bonchev–Trinajstić information content (AvgIpc) is 3.16. The lowest BCUT2D eigenvalue weighted by atomic mass is 10.1. The van der Waals surface area contributed by atoms with Crippen molar-refractivity contribution in [3.63, 3.8) is 0 Å². The largest absolute Gasteiger partial charge is 0.344 e. The van der Waals surface area contributed by atoms with Gasteiger partial charge < -0.3 is 10.6 Å². The number of hydrogen-bond acceptors (Lipinski definition) is 4. The van der Waals surface area contributed by atoms with E-state index < -0.39 is 0 Å². The van der Waals surface area contributed by atoms with E-state index in [2.05, 4.69) is 20.8 Å². The summed E-state index contributed by atoms with van der Waals surface area (Å²) in [6.45, 7) is 5.93. The smallest absolute Gasteiger partial charge is 0.272 e. The molecule has 1 saturated heterocycles. The van der Waals surface area contributed by atoms with Gasteiger partial charge in [-0.3, -0.25) is 14.2 Å². The first-order valence-electron chi connectivity index (χ1n) is 8.11. The Bertz CT molecular complexity index is 683. The minimum absolute atomic E-state index is 0.0994. The molecule has 2 N–H and O–H groups in total. The molecule has 1 aliphatic rings. The molecule has 124 valence electrons. The van der Waals surface area contributed by atoms with E-state index in [1.54, 1.807) is 12.3 Å². The molecule has 1 fully saturated rings. The van der Waals surface area contributed by atoms with Gasteiger partial charge in [0.2, 0.25) is 0 Å². The highest BCUT2D eigenvalue weighted by molar-refractivity contribution is 5.92. The van der Waals surface area contributed by atoms with Crippen LogP contribution in [0.15, 0.2) is 18.5 Å². The van der Waals surface area contributed by atoms with Gasteiger partial charge in [-0.2, -0.15) is 10.2 Å². The van der Waals surface area contributed by atoms with Crippen LogP contribution in [0.3, 0.4) is 0 Å². The SMILES string of the molecule is Cc1c(C(C)NC(=O)c2ccn(C3CCCNC3)n2)cnn1C. The van der Waals surface area contributed by atoms with E-state index in [9.17, 15) is 4.79 Å². The number of amides is 1. The molecule has 23 heavy (non-hydrogen) atoms. The lowest BCUT2D eigenvalue weighted by Crippen LogP contribution is -2.32. The van der Waals surface area contributed by atoms with Crippen molar-refractivity contribution in [1.29, 1.82) is 0 Å². The highest BCUT2D eigenvalue weighted by Crippen LogP contribution is 2.18. The molecule has 1 aliphatic heterocycles. The van der Waals surface area contributed by atoms with Gasteiger partial charge in [0.15, 0.2) is 0 Å². The highest BCUT2D eigenvalue weighted by atomic mass is 16.2. The summed E-state index contributed by atoms with van der Waals surface area (Å²) in [6.07, 6.45) is 5.93. The fourth-order valence-corrected chi connectivity index (χ4v) is 3.01. The molecule has 2 atom stereocenters. The monoisotopic (exact) mass is 316 g/mol. The molecule has 0 bridgehead atoms. The number of nitrogens with zero attached hydrogens (tertiary/aromatic N) is 4. The molecule has 7 heteroatoms. The Hall–Kier alpha value is -2.15. The number of carbonyl (C=O) groups is 1. The van der Waals surface area contributed by atoms with Crippen molar-refractivity contribution in [3.05, 3.63) is 35.4 Å². The van der Waals surface area contributed by atoms with Crippen LogP contribution in [0.4, 0.5) is 0 Å². The zero-order chi connectivity index (χ0) is 16.4. The molecule has 0 aromatic carbocycles. The summed E-state index contributed by atoms with van der Waals surface area (Å²) < 4.78 is 3.71. The fraction of sp³-hybridized carbons (Fsp3) is 0.562. The first-order valence-corrected chi connectivity index (χ1v) is 8.11. The van der Waals surface area contributed by atoms with E-state index in [0.29, 0.717) is 11.7 Å². The first kappa shape index (κ1) is 15.7. The van der Waals surface area contributed by atoms with Crippen molar-refractivity contribution in [2.75, 3.05) is 13.1 Å². The lowest BCUT2D eigenvalue weighted by Gasteiger charge is -2.22. The number of nitrogens with one attached hydrogen (secondary N) is 2. The normalized spacial score (nSPS) is 19.5. The van der Waals surface area contributed by atoms with Crippen molar-refractivity contribution < 1.29 is 4.79 Å². The Morgan fingerprint density at radius 2 is 2.35 bits per heavy atom. The van der Waals surface area contributed by atoms with E-state index in [4.69, 9.17) is 0 Å². The van der Waals surface area contributed by atoms with Gasteiger partial charge in [0.05, 0.1) is 18.3 Å². The molecule has 2 aromatic heterocycles. The van der Waals surface area contributed by atoms with Crippen LogP contribution in [-0.2, 0) is 7.05 Å². The number of aromatic nitrogens is 4. The molecule has 2 aromatic rings. The third-order valence-electron chi connectivity index (χ3n) is 4.57. The summed E-state index contributed by atoms with van der Waals surface area (Å²) in [5, 5.41) is 15.0. The highest BCUT2D eigenvalue weighted by Gasteiger charge is 2.20. The second-order valence-electron chi connectivity index (χ2n) is 6.19. The maximum atomic E-state index is 12.4. The number of aryl methyl sites for hydroxylation is 1. The minimum atomic E-state index is -0.150. The number of carbonyl (C=O) groups excluding carboxylic acids is 1. The predicted octanol–water partition coefficient (Wildman–Crippen LogP) is 1.34. The molecule has 0 aliphatic carbocycles. The van der Waals surface area contributed by atoms with Crippen molar-refractivity contribution in [2.45, 2.75) is 38.8 Å². The molecule has 7 nitrogen and oxygen atoms in total. The maximum Gasteiger partial charge on any atom is 0.272 e. The Balaban J connectivity index is 1.66. The number of hydrogen-bond donors (Lipinski definition) is 2. The zero-order valence-corrected chi connectivity index (χ0v) is 13.9. The van der Waals surface area contributed by atoms with E-state index in [0.717, 1.165) is 37.2 Å². The van der Waals surface area contributed by atoms with Gasteiger partial charge in [0.25, 0.3) is 5.91 Å². The average molecular weight is 316 g/mol. The Labute approximate surface area is 136 Å². The van der Waals surface area contributed by atoms with Crippen molar-refractivity contribution in [1.82, 2.24) is 30.2 Å². The van der Waals surface area contributed by atoms with Gasteiger partial charge in [-0.05, 0) is 39.3 Å². The van der Waals surface area contributed by atoms with Crippen molar-refractivity contribution in [3.8, 4) is 0 Å². The summed E-state index contributed by atoms with van der Waals surface area (Å²) in [5.74, 6) is -0.150. The van der Waals surface area contributed by atoms with Crippen molar-refractivity contribution in [2.24, 2.45) is 7.05 Å². The second-order valence-corrected chi connectivity index (χ2v) is 6.19. The molecule has 3 heterocycles. The zero-order valence-electron chi connectivity index (χ0n) is 13.9. The van der Waals surface area contributed by atoms with Crippen LogP contribution < -0.4 is 10.6 Å². The molecule has 2 unspecified atom stereocenters. The Morgan fingerprint density at radius 3 is 3.00 bits per heavy atom. The predicted molar refractivity (Wildman–Crippen MR) is 87.2 cm³/mol. The fourth-order valence-electron chi connectivity index (χ4n) is 3.01. The minimum Gasteiger partial charge on any atom is -0.344 e. The summed E-state index contributed by atoms with van der Waals surface area (Å²) >= 11 is 0. The topological polar surface area (TPSA) is 76.8 Å². The van der Waals surface area contributed by atoms with Crippen LogP contribution in [0.1, 0.15) is 53.6 Å². The molecule has 0 radical (unpaired) electrons. The molecule has 0 saturated carbocycles. The maximum absolute atomic E-state index is 12.4. The number of rotatable bonds is 4. The van der Waals surface area contributed by atoms with E-state index in [1.807, 2.05) is 36.5 Å².